The van der Waals surface area contributed by atoms with Crippen LogP contribution in [0.5, 0.6) is 5.75 Å². The van der Waals surface area contributed by atoms with Crippen LogP contribution in [-0.2, 0) is 4.79 Å². The maximum absolute atomic E-state index is 12.6. The lowest BCUT2D eigenvalue weighted by atomic mass is 10.2. The van der Waals surface area contributed by atoms with Gasteiger partial charge in [-0.1, -0.05) is 35.3 Å². The zero-order valence-corrected chi connectivity index (χ0v) is 18.4. The molecule has 0 aliphatic rings. The van der Waals surface area contributed by atoms with Gasteiger partial charge < -0.3 is 15.0 Å². The van der Waals surface area contributed by atoms with E-state index in [4.69, 9.17) is 27.9 Å². The number of hydrogen-bond acceptors (Lipinski definition) is 5. The van der Waals surface area contributed by atoms with Crippen molar-refractivity contribution >= 4 is 51.9 Å². The van der Waals surface area contributed by atoms with E-state index in [0.29, 0.717) is 42.6 Å². The van der Waals surface area contributed by atoms with Crippen LogP contribution in [0.15, 0.2) is 81.4 Å². The third-order valence-corrected chi connectivity index (χ3v) is 5.04. The molecule has 1 heterocycles. The molecule has 1 aromatic heterocycles. The van der Waals surface area contributed by atoms with Crippen LogP contribution in [0.3, 0.4) is 0 Å². The molecule has 4 rings (SSSR count). The zero-order chi connectivity index (χ0) is 23.4. The Kier molecular flexibility index (Phi) is 6.58. The third-order valence-electron chi connectivity index (χ3n) is 4.55. The Balaban J connectivity index is 1.55. The SMILES string of the molecule is O=C(COc1ccc(Cl)cc1C=Nn1c(=O)[nH]c2ccccc2c1=O)Nc1ccc(Cl)cc1. The van der Waals surface area contributed by atoms with Crippen LogP contribution in [-0.4, -0.2) is 28.4 Å². The average molecular weight is 483 g/mol. The lowest BCUT2D eigenvalue weighted by molar-refractivity contribution is -0.118. The summed E-state index contributed by atoms with van der Waals surface area (Å²) in [5, 5.41) is 7.95. The Hall–Kier alpha value is -3.88. The van der Waals surface area contributed by atoms with Crippen molar-refractivity contribution in [2.75, 3.05) is 11.9 Å². The molecule has 10 heteroatoms. The lowest BCUT2D eigenvalue weighted by Gasteiger charge is -2.10. The first kappa shape index (κ1) is 22.3. The number of carbonyl (C=O) groups is 1. The molecule has 0 aliphatic heterocycles. The number of ether oxygens (including phenoxy) is 1. The van der Waals surface area contributed by atoms with Gasteiger partial charge in [0.05, 0.1) is 17.1 Å². The van der Waals surface area contributed by atoms with Crippen molar-refractivity contribution in [3.05, 3.63) is 103 Å². The fourth-order valence-electron chi connectivity index (χ4n) is 3.00. The van der Waals surface area contributed by atoms with Gasteiger partial charge in [0.2, 0.25) is 0 Å². The van der Waals surface area contributed by atoms with E-state index in [0.717, 1.165) is 0 Å². The first-order chi connectivity index (χ1) is 15.9. The van der Waals surface area contributed by atoms with Gasteiger partial charge in [-0.25, -0.2) is 4.79 Å². The summed E-state index contributed by atoms with van der Waals surface area (Å²) in [7, 11) is 0. The predicted molar refractivity (Wildman–Crippen MR) is 129 cm³/mol. The molecule has 166 valence electrons. The van der Waals surface area contributed by atoms with Gasteiger partial charge in [0.15, 0.2) is 6.61 Å². The molecule has 0 saturated heterocycles. The van der Waals surface area contributed by atoms with Crippen molar-refractivity contribution in [2.24, 2.45) is 5.10 Å². The van der Waals surface area contributed by atoms with Gasteiger partial charge >= 0.3 is 5.69 Å². The maximum Gasteiger partial charge on any atom is 0.349 e. The van der Waals surface area contributed by atoms with Crippen molar-refractivity contribution in [3.8, 4) is 5.75 Å². The summed E-state index contributed by atoms with van der Waals surface area (Å²) in [6.45, 7) is -0.290. The number of para-hydroxylation sites is 1. The molecule has 0 aliphatic carbocycles. The summed E-state index contributed by atoms with van der Waals surface area (Å²) in [6, 6.07) is 17.9. The number of aromatic amines is 1. The quantitative estimate of drug-likeness (QED) is 0.406. The molecule has 1 amide bonds. The molecule has 0 atom stereocenters. The molecule has 33 heavy (non-hydrogen) atoms. The number of nitrogens with one attached hydrogen (secondary N) is 2. The highest BCUT2D eigenvalue weighted by atomic mass is 35.5. The van der Waals surface area contributed by atoms with E-state index < -0.39 is 17.2 Å². The molecule has 3 aromatic carbocycles. The van der Waals surface area contributed by atoms with Crippen molar-refractivity contribution in [1.29, 1.82) is 0 Å². The summed E-state index contributed by atoms with van der Waals surface area (Å²) in [5.74, 6) is -0.1000. The Morgan fingerprint density at radius 1 is 1.03 bits per heavy atom. The van der Waals surface area contributed by atoms with Crippen molar-refractivity contribution in [3.63, 3.8) is 0 Å². The molecule has 0 fully saturated rings. The number of halogens is 2. The number of H-pyrrole nitrogens is 1. The van der Waals surface area contributed by atoms with Crippen LogP contribution in [0, 0.1) is 0 Å². The molecule has 0 radical (unpaired) electrons. The van der Waals surface area contributed by atoms with Crippen LogP contribution >= 0.6 is 23.2 Å². The molecule has 0 saturated carbocycles. The number of carbonyl (C=O) groups excluding carboxylic acids is 1. The average Bonchev–Trinajstić information content (AvgIpc) is 2.80. The van der Waals surface area contributed by atoms with E-state index in [2.05, 4.69) is 15.4 Å². The fraction of sp³-hybridized carbons (Fsp3) is 0.0435. The van der Waals surface area contributed by atoms with Crippen molar-refractivity contribution in [2.45, 2.75) is 0 Å². The fourth-order valence-corrected chi connectivity index (χ4v) is 3.31. The molecular formula is C23H16Cl2N4O4. The van der Waals surface area contributed by atoms with Crippen molar-refractivity contribution in [1.82, 2.24) is 9.66 Å². The van der Waals surface area contributed by atoms with Crippen LogP contribution in [0.2, 0.25) is 10.0 Å². The van der Waals surface area contributed by atoms with E-state index >= 15 is 0 Å². The Bertz CT molecular complexity index is 1480. The number of amides is 1. The van der Waals surface area contributed by atoms with Crippen LogP contribution < -0.4 is 21.3 Å². The second-order valence-electron chi connectivity index (χ2n) is 6.86. The third kappa shape index (κ3) is 5.31. The number of fused-ring (bicyclic) bond motifs is 1. The molecule has 0 spiro atoms. The second-order valence-corrected chi connectivity index (χ2v) is 7.74. The van der Waals surface area contributed by atoms with Gasteiger partial charge in [-0.2, -0.15) is 5.10 Å². The first-order valence-electron chi connectivity index (χ1n) is 9.67. The van der Waals surface area contributed by atoms with E-state index in [1.165, 1.54) is 12.3 Å². The smallest absolute Gasteiger partial charge is 0.349 e. The normalized spacial score (nSPS) is 11.1. The minimum Gasteiger partial charge on any atom is -0.483 e. The maximum atomic E-state index is 12.6. The second kappa shape index (κ2) is 9.72. The van der Waals surface area contributed by atoms with E-state index in [1.807, 2.05) is 0 Å². The lowest BCUT2D eigenvalue weighted by Crippen LogP contribution is -2.32. The highest BCUT2D eigenvalue weighted by Crippen LogP contribution is 2.22. The van der Waals surface area contributed by atoms with E-state index in [-0.39, 0.29) is 6.61 Å². The van der Waals surface area contributed by atoms with Gasteiger partial charge in [-0.15, -0.1) is 4.68 Å². The zero-order valence-electron chi connectivity index (χ0n) is 16.9. The molecule has 0 bridgehead atoms. The molecule has 4 aromatic rings. The molecular weight excluding hydrogens is 467 g/mol. The van der Waals surface area contributed by atoms with Gasteiger partial charge in [0, 0.05) is 21.3 Å². The summed E-state index contributed by atoms with van der Waals surface area (Å²) >= 11 is 11.9. The van der Waals surface area contributed by atoms with Gasteiger partial charge in [0.1, 0.15) is 5.75 Å². The van der Waals surface area contributed by atoms with Crippen LogP contribution in [0.4, 0.5) is 5.69 Å². The van der Waals surface area contributed by atoms with E-state index in [1.54, 1.807) is 60.7 Å². The highest BCUT2D eigenvalue weighted by Gasteiger charge is 2.09. The summed E-state index contributed by atoms with van der Waals surface area (Å²) < 4.78 is 6.32. The minimum absolute atomic E-state index is 0.290. The summed E-state index contributed by atoms with van der Waals surface area (Å²) in [4.78, 5) is 39.8. The van der Waals surface area contributed by atoms with Crippen LogP contribution in [0.1, 0.15) is 5.56 Å². The number of nitrogens with zero attached hydrogens (tertiary/aromatic N) is 2. The number of hydrogen-bond donors (Lipinski definition) is 2. The van der Waals surface area contributed by atoms with Crippen LogP contribution in [0.25, 0.3) is 10.9 Å². The minimum atomic E-state index is -0.693. The van der Waals surface area contributed by atoms with Gasteiger partial charge in [-0.05, 0) is 54.6 Å². The van der Waals surface area contributed by atoms with Gasteiger partial charge in [-0.3, -0.25) is 9.59 Å². The van der Waals surface area contributed by atoms with Crippen molar-refractivity contribution < 1.29 is 9.53 Å². The first-order valence-corrected chi connectivity index (χ1v) is 10.4. The molecule has 0 unspecified atom stereocenters. The number of rotatable bonds is 6. The Labute approximate surface area is 197 Å². The largest absolute Gasteiger partial charge is 0.483 e. The van der Waals surface area contributed by atoms with E-state index in [9.17, 15) is 14.4 Å². The highest BCUT2D eigenvalue weighted by molar-refractivity contribution is 6.31. The number of anilines is 1. The molecule has 8 nitrogen and oxygen atoms in total. The monoisotopic (exact) mass is 482 g/mol. The predicted octanol–water partition coefficient (Wildman–Crippen LogP) is 3.90. The standard InChI is InChI=1S/C23H16Cl2N4O4/c24-15-5-8-17(9-6-15)27-21(30)13-33-20-10-7-16(25)11-14(20)12-26-29-22(31)18-3-1-2-4-19(18)28-23(29)32/h1-12H,13H2,(H,27,30)(H,28,32). The Morgan fingerprint density at radius 2 is 1.76 bits per heavy atom. The number of benzene rings is 3. The Morgan fingerprint density at radius 3 is 2.55 bits per heavy atom. The summed E-state index contributed by atoms with van der Waals surface area (Å²) in [5.41, 5.74) is 0.0960. The topological polar surface area (TPSA) is 106 Å². The van der Waals surface area contributed by atoms with Gasteiger partial charge in [0.25, 0.3) is 11.5 Å². The summed E-state index contributed by atoms with van der Waals surface area (Å²) in [6.07, 6.45) is 1.27. The number of aromatic nitrogens is 2. The molecule has 2 N–H and O–H groups in total.